The zero-order chi connectivity index (χ0) is 26.2. The third-order valence-corrected chi connectivity index (χ3v) is 6.83. The number of nitrogens with zero attached hydrogens (tertiary/aromatic N) is 2. The van der Waals surface area contributed by atoms with Crippen LogP contribution in [0.5, 0.6) is 11.5 Å². The molecule has 3 aromatic carbocycles. The third-order valence-electron chi connectivity index (χ3n) is 6.00. The highest BCUT2D eigenvalue weighted by Crippen LogP contribution is 2.27. The standard InChI is InChI=1S/C29H30FN3O3S/c1-20(22-7-5-4-6-8-22)31-29(34)26-19-37-28(32-26)18-33(16-21-9-12-24(30)13-10-21)17-23-11-14-25(35-2)15-27(23)36-3/h4-15,19-20H,16-18H2,1-3H3,(H,31,34). The number of rotatable bonds is 11. The fourth-order valence-corrected chi connectivity index (χ4v) is 4.83. The van der Waals surface area contributed by atoms with Gasteiger partial charge in [-0.15, -0.1) is 11.3 Å². The molecule has 0 saturated heterocycles. The summed E-state index contributed by atoms with van der Waals surface area (Å²) in [6, 6.07) is 21.9. The number of thiazole rings is 1. The van der Waals surface area contributed by atoms with E-state index >= 15 is 0 Å². The van der Waals surface area contributed by atoms with Crippen molar-refractivity contribution in [2.45, 2.75) is 32.6 Å². The van der Waals surface area contributed by atoms with E-state index in [9.17, 15) is 9.18 Å². The van der Waals surface area contributed by atoms with Crippen molar-refractivity contribution in [1.82, 2.24) is 15.2 Å². The van der Waals surface area contributed by atoms with Crippen LogP contribution < -0.4 is 14.8 Å². The molecule has 0 aliphatic rings. The van der Waals surface area contributed by atoms with Crippen LogP contribution in [0.25, 0.3) is 0 Å². The van der Waals surface area contributed by atoms with E-state index in [2.05, 4.69) is 15.2 Å². The maximum Gasteiger partial charge on any atom is 0.271 e. The molecular weight excluding hydrogens is 489 g/mol. The molecule has 4 aromatic rings. The molecular formula is C29H30FN3O3S. The van der Waals surface area contributed by atoms with Gasteiger partial charge in [0.05, 0.1) is 26.8 Å². The van der Waals surface area contributed by atoms with Crippen LogP contribution in [0, 0.1) is 5.82 Å². The van der Waals surface area contributed by atoms with Crippen LogP contribution in [0.3, 0.4) is 0 Å². The number of hydrogen-bond donors (Lipinski definition) is 1. The molecule has 1 aromatic heterocycles. The number of carbonyl (C=O) groups is 1. The molecule has 0 bridgehead atoms. The minimum Gasteiger partial charge on any atom is -0.497 e. The van der Waals surface area contributed by atoms with E-state index in [1.54, 1.807) is 31.7 Å². The van der Waals surface area contributed by atoms with Crippen LogP contribution in [-0.2, 0) is 19.6 Å². The maximum atomic E-state index is 13.5. The van der Waals surface area contributed by atoms with Crippen molar-refractivity contribution in [3.8, 4) is 11.5 Å². The van der Waals surface area contributed by atoms with Crippen molar-refractivity contribution < 1.29 is 18.7 Å². The number of nitrogens with one attached hydrogen (secondary N) is 1. The van der Waals surface area contributed by atoms with Gasteiger partial charge in [0.2, 0.25) is 0 Å². The highest BCUT2D eigenvalue weighted by Gasteiger charge is 2.18. The molecule has 1 atom stereocenters. The van der Waals surface area contributed by atoms with Gasteiger partial charge in [-0.25, -0.2) is 9.37 Å². The van der Waals surface area contributed by atoms with E-state index in [4.69, 9.17) is 9.47 Å². The second-order valence-corrected chi connectivity index (χ2v) is 9.62. The molecule has 0 radical (unpaired) electrons. The Bertz CT molecular complexity index is 1310. The van der Waals surface area contributed by atoms with Gasteiger partial charge in [0.1, 0.15) is 28.0 Å². The normalized spacial score (nSPS) is 11.8. The average molecular weight is 520 g/mol. The van der Waals surface area contributed by atoms with Gasteiger partial charge in [0.25, 0.3) is 5.91 Å². The predicted octanol–water partition coefficient (Wildman–Crippen LogP) is 5.99. The lowest BCUT2D eigenvalue weighted by atomic mass is 10.1. The van der Waals surface area contributed by atoms with Crippen LogP contribution in [0.15, 0.2) is 78.2 Å². The maximum absolute atomic E-state index is 13.5. The Hall–Kier alpha value is -3.75. The molecule has 37 heavy (non-hydrogen) atoms. The van der Waals surface area contributed by atoms with Crippen LogP contribution in [-0.4, -0.2) is 30.0 Å². The number of aromatic nitrogens is 1. The summed E-state index contributed by atoms with van der Waals surface area (Å²) in [5.41, 5.74) is 3.38. The van der Waals surface area contributed by atoms with E-state index in [0.717, 1.165) is 27.4 Å². The quantitative estimate of drug-likeness (QED) is 0.264. The number of methoxy groups -OCH3 is 2. The summed E-state index contributed by atoms with van der Waals surface area (Å²) < 4.78 is 24.4. The smallest absolute Gasteiger partial charge is 0.271 e. The largest absolute Gasteiger partial charge is 0.497 e. The Labute approximate surface area is 220 Å². The van der Waals surface area contributed by atoms with Gasteiger partial charge < -0.3 is 14.8 Å². The molecule has 0 spiro atoms. The van der Waals surface area contributed by atoms with Gasteiger partial charge >= 0.3 is 0 Å². The van der Waals surface area contributed by atoms with E-state index in [-0.39, 0.29) is 17.8 Å². The van der Waals surface area contributed by atoms with Crippen molar-refractivity contribution in [2.75, 3.05) is 14.2 Å². The van der Waals surface area contributed by atoms with Gasteiger partial charge in [-0.3, -0.25) is 9.69 Å². The molecule has 0 saturated carbocycles. The number of ether oxygens (including phenoxy) is 2. The zero-order valence-electron chi connectivity index (χ0n) is 21.1. The van der Waals surface area contributed by atoms with Crippen molar-refractivity contribution >= 4 is 17.2 Å². The summed E-state index contributed by atoms with van der Waals surface area (Å²) >= 11 is 1.44. The summed E-state index contributed by atoms with van der Waals surface area (Å²) in [5.74, 6) is 0.955. The number of carbonyl (C=O) groups excluding carboxylic acids is 1. The second kappa shape index (κ2) is 12.5. The Morgan fingerprint density at radius 3 is 2.46 bits per heavy atom. The fraction of sp³-hybridized carbons (Fsp3) is 0.241. The predicted molar refractivity (Wildman–Crippen MR) is 143 cm³/mol. The number of halogens is 1. The number of hydrogen-bond acceptors (Lipinski definition) is 6. The minimum atomic E-state index is -0.271. The van der Waals surface area contributed by atoms with Gasteiger partial charge in [0, 0.05) is 30.1 Å². The highest BCUT2D eigenvalue weighted by atomic mass is 32.1. The first kappa shape index (κ1) is 26.3. The van der Waals surface area contributed by atoms with Crippen molar-refractivity contribution in [3.05, 3.63) is 111 Å². The molecule has 4 rings (SSSR count). The van der Waals surface area contributed by atoms with Crippen LogP contribution in [0.4, 0.5) is 4.39 Å². The fourth-order valence-electron chi connectivity index (χ4n) is 4.01. The molecule has 1 heterocycles. The second-order valence-electron chi connectivity index (χ2n) is 8.68. The summed E-state index contributed by atoms with van der Waals surface area (Å²) in [6.45, 7) is 3.60. The lowest BCUT2D eigenvalue weighted by Gasteiger charge is -2.23. The lowest BCUT2D eigenvalue weighted by molar-refractivity contribution is 0.0935. The topological polar surface area (TPSA) is 63.7 Å². The van der Waals surface area contributed by atoms with Crippen molar-refractivity contribution in [2.24, 2.45) is 0 Å². The van der Waals surface area contributed by atoms with E-state index in [1.807, 2.05) is 55.5 Å². The van der Waals surface area contributed by atoms with Crippen molar-refractivity contribution in [1.29, 1.82) is 0 Å². The summed E-state index contributed by atoms with van der Waals surface area (Å²) in [7, 11) is 3.25. The average Bonchev–Trinajstić information content (AvgIpc) is 3.39. The van der Waals surface area contributed by atoms with E-state index in [1.165, 1.54) is 23.5 Å². The molecule has 0 aliphatic carbocycles. The molecule has 1 N–H and O–H groups in total. The zero-order valence-corrected chi connectivity index (χ0v) is 21.9. The molecule has 0 fully saturated rings. The summed E-state index contributed by atoms with van der Waals surface area (Å²) in [4.78, 5) is 19.6. The van der Waals surface area contributed by atoms with Gasteiger partial charge in [-0.2, -0.15) is 0 Å². The Morgan fingerprint density at radius 1 is 1.00 bits per heavy atom. The van der Waals surface area contributed by atoms with Crippen LogP contribution in [0.1, 0.15) is 45.2 Å². The summed E-state index contributed by atoms with van der Waals surface area (Å²) in [6.07, 6.45) is 0. The van der Waals surface area contributed by atoms with Crippen molar-refractivity contribution in [3.63, 3.8) is 0 Å². The van der Waals surface area contributed by atoms with Gasteiger partial charge in [-0.1, -0.05) is 48.5 Å². The van der Waals surface area contributed by atoms with Gasteiger partial charge in [-0.05, 0) is 36.2 Å². The summed E-state index contributed by atoms with van der Waals surface area (Å²) in [5, 5.41) is 5.61. The monoisotopic (exact) mass is 519 g/mol. The Kier molecular flexibility index (Phi) is 8.87. The third kappa shape index (κ3) is 7.15. The first-order valence-corrected chi connectivity index (χ1v) is 12.8. The lowest BCUT2D eigenvalue weighted by Crippen LogP contribution is -2.27. The van der Waals surface area contributed by atoms with Crippen LogP contribution >= 0.6 is 11.3 Å². The Morgan fingerprint density at radius 2 is 1.76 bits per heavy atom. The highest BCUT2D eigenvalue weighted by molar-refractivity contribution is 7.09. The minimum absolute atomic E-state index is 0.128. The number of benzene rings is 3. The molecule has 8 heteroatoms. The molecule has 6 nitrogen and oxygen atoms in total. The number of amides is 1. The molecule has 1 amide bonds. The van der Waals surface area contributed by atoms with E-state index in [0.29, 0.717) is 31.1 Å². The van der Waals surface area contributed by atoms with Gasteiger partial charge in [0.15, 0.2) is 0 Å². The first-order valence-electron chi connectivity index (χ1n) is 11.9. The Balaban J connectivity index is 1.50. The molecule has 1 unspecified atom stereocenters. The van der Waals surface area contributed by atoms with Crippen LogP contribution in [0.2, 0.25) is 0 Å². The SMILES string of the molecule is COc1ccc(CN(Cc2ccc(F)cc2)Cc2nc(C(=O)NC(C)c3ccccc3)cs2)c(OC)c1. The molecule has 0 aliphatic heterocycles. The molecule has 192 valence electrons. The first-order chi connectivity index (χ1) is 17.9. The van der Waals surface area contributed by atoms with E-state index < -0.39 is 0 Å².